The maximum atomic E-state index is 12.7. The first kappa shape index (κ1) is 19.7. The molecule has 0 aliphatic carbocycles. The third kappa shape index (κ3) is 4.26. The van der Waals surface area contributed by atoms with Gasteiger partial charge in [-0.3, -0.25) is 4.79 Å². The molecular weight excluding hydrogens is 394 g/mol. The average molecular weight is 406 g/mol. The third-order valence-corrected chi connectivity index (χ3v) is 3.67. The Bertz CT molecular complexity index is 1050. The van der Waals surface area contributed by atoms with E-state index >= 15 is 0 Å². The minimum absolute atomic E-state index is 0.0432. The summed E-state index contributed by atoms with van der Waals surface area (Å²) in [6, 6.07) is 4.14. The second kappa shape index (κ2) is 6.84. The minimum Gasteiger partial charge on any atom is -0.466 e. The van der Waals surface area contributed by atoms with E-state index in [1.807, 2.05) is 0 Å². The molecule has 12 heteroatoms. The molecule has 3 aromatic rings. The van der Waals surface area contributed by atoms with Crippen molar-refractivity contribution in [1.82, 2.24) is 19.7 Å². The molecule has 0 aliphatic heterocycles. The minimum atomic E-state index is -4.64. The Morgan fingerprint density at radius 2 is 1.75 bits per heavy atom. The highest BCUT2D eigenvalue weighted by Gasteiger charge is 2.31. The zero-order chi connectivity index (χ0) is 20.7. The summed E-state index contributed by atoms with van der Waals surface area (Å²) in [5.41, 5.74) is -1.25. The van der Waals surface area contributed by atoms with Gasteiger partial charge in [0.2, 0.25) is 5.88 Å². The van der Waals surface area contributed by atoms with Crippen LogP contribution in [0.25, 0.3) is 11.0 Å². The summed E-state index contributed by atoms with van der Waals surface area (Å²) in [6.07, 6.45) is -9.14. The molecule has 3 rings (SSSR count). The highest BCUT2D eigenvalue weighted by Crippen LogP contribution is 2.29. The summed E-state index contributed by atoms with van der Waals surface area (Å²) in [4.78, 5) is 18.5. The van der Waals surface area contributed by atoms with Crippen LogP contribution in [0.1, 0.15) is 17.0 Å². The molecule has 150 valence electrons. The van der Waals surface area contributed by atoms with Gasteiger partial charge in [0.1, 0.15) is 11.2 Å². The fourth-order valence-corrected chi connectivity index (χ4v) is 2.49. The van der Waals surface area contributed by atoms with Crippen LogP contribution in [0.2, 0.25) is 0 Å². The Morgan fingerprint density at radius 1 is 1.11 bits per heavy atom. The van der Waals surface area contributed by atoms with E-state index in [4.69, 9.17) is 0 Å². The maximum Gasteiger partial charge on any atom is 0.422 e. The lowest BCUT2D eigenvalue weighted by atomic mass is 10.1. The fourth-order valence-electron chi connectivity index (χ4n) is 2.49. The van der Waals surface area contributed by atoms with Gasteiger partial charge in [-0.1, -0.05) is 12.1 Å². The topological polar surface area (TPSA) is 72.8 Å². The number of hydrogen-bond acceptors (Lipinski definition) is 4. The highest BCUT2D eigenvalue weighted by molar-refractivity contribution is 5.80. The molecule has 6 nitrogen and oxygen atoms in total. The lowest BCUT2D eigenvalue weighted by molar-refractivity contribution is -0.153. The van der Waals surface area contributed by atoms with E-state index < -0.39 is 36.0 Å². The second-order valence-electron chi connectivity index (χ2n) is 5.91. The van der Waals surface area contributed by atoms with Crippen molar-refractivity contribution in [2.45, 2.75) is 25.8 Å². The number of aromatic nitrogens is 4. The zero-order valence-corrected chi connectivity index (χ0v) is 14.1. The molecule has 0 fully saturated rings. The van der Waals surface area contributed by atoms with Crippen LogP contribution in [-0.2, 0) is 12.7 Å². The standard InChI is InChI=1S/C16H12F6N4O2/c1-8-23-12-11(13(27)24-8)14(28-7-15(17,18)19)25-26(12)6-9-2-4-10(5-3-9)16(20,21)22/h2-5H,6-7H2,1H3,(H,23,24,27). The van der Waals surface area contributed by atoms with E-state index in [9.17, 15) is 31.1 Å². The number of alkyl halides is 6. The molecule has 0 bridgehead atoms. The zero-order valence-electron chi connectivity index (χ0n) is 14.1. The number of aromatic amines is 1. The van der Waals surface area contributed by atoms with Crippen molar-refractivity contribution in [2.75, 3.05) is 6.61 Å². The van der Waals surface area contributed by atoms with Crippen molar-refractivity contribution in [3.63, 3.8) is 0 Å². The van der Waals surface area contributed by atoms with E-state index in [-0.39, 0.29) is 23.4 Å². The van der Waals surface area contributed by atoms with Crippen molar-refractivity contribution in [3.8, 4) is 5.88 Å². The van der Waals surface area contributed by atoms with Crippen LogP contribution in [0.15, 0.2) is 29.1 Å². The number of aryl methyl sites for hydroxylation is 1. The van der Waals surface area contributed by atoms with Gasteiger partial charge in [0, 0.05) is 0 Å². The predicted octanol–water partition coefficient (Wildman–Crippen LogP) is 3.44. The summed E-state index contributed by atoms with van der Waals surface area (Å²) < 4.78 is 81.0. The molecule has 0 amide bonds. The van der Waals surface area contributed by atoms with Gasteiger partial charge in [0.15, 0.2) is 12.3 Å². The number of hydrogen-bond donors (Lipinski definition) is 1. The van der Waals surface area contributed by atoms with Gasteiger partial charge in [0.05, 0.1) is 12.1 Å². The van der Waals surface area contributed by atoms with Gasteiger partial charge >= 0.3 is 12.4 Å². The number of nitrogens with one attached hydrogen (secondary N) is 1. The third-order valence-electron chi connectivity index (χ3n) is 3.67. The largest absolute Gasteiger partial charge is 0.466 e. The second-order valence-corrected chi connectivity index (χ2v) is 5.91. The Morgan fingerprint density at radius 3 is 2.32 bits per heavy atom. The molecule has 1 N–H and O–H groups in total. The number of halogens is 6. The van der Waals surface area contributed by atoms with Crippen molar-refractivity contribution < 1.29 is 31.1 Å². The summed E-state index contributed by atoms with van der Waals surface area (Å²) in [5.74, 6) is -0.374. The molecule has 2 heterocycles. The molecule has 0 saturated carbocycles. The lowest BCUT2D eigenvalue weighted by Crippen LogP contribution is -2.20. The lowest BCUT2D eigenvalue weighted by Gasteiger charge is -2.08. The van der Waals surface area contributed by atoms with Crippen molar-refractivity contribution >= 4 is 11.0 Å². The Labute approximate surface area is 152 Å². The average Bonchev–Trinajstić information content (AvgIpc) is 2.90. The van der Waals surface area contributed by atoms with Crippen LogP contribution in [0.4, 0.5) is 26.3 Å². The monoisotopic (exact) mass is 406 g/mol. The number of H-pyrrole nitrogens is 1. The van der Waals surface area contributed by atoms with E-state index in [1.165, 1.54) is 19.1 Å². The number of nitrogens with zero attached hydrogens (tertiary/aromatic N) is 3. The Kier molecular flexibility index (Phi) is 4.81. The van der Waals surface area contributed by atoms with Gasteiger partial charge in [-0.2, -0.15) is 26.3 Å². The van der Waals surface area contributed by atoms with E-state index in [2.05, 4.69) is 19.8 Å². The molecule has 1 aromatic carbocycles. The molecular formula is C16H12F6N4O2. The van der Waals surface area contributed by atoms with E-state index in [1.54, 1.807) is 0 Å². The quantitative estimate of drug-likeness (QED) is 0.674. The predicted molar refractivity (Wildman–Crippen MR) is 85.0 cm³/mol. The summed E-state index contributed by atoms with van der Waals surface area (Å²) in [6.45, 7) is -0.320. The van der Waals surface area contributed by atoms with Crippen LogP contribution in [0.5, 0.6) is 5.88 Å². The molecule has 28 heavy (non-hydrogen) atoms. The molecule has 0 atom stereocenters. The van der Waals surface area contributed by atoms with Crippen LogP contribution >= 0.6 is 0 Å². The summed E-state index contributed by atoms with van der Waals surface area (Å²) in [5, 5.41) is 3.57. The number of benzene rings is 1. The molecule has 0 radical (unpaired) electrons. The SMILES string of the molecule is Cc1nc2c(c(OCC(F)(F)F)nn2Cc2ccc(C(F)(F)F)cc2)c(=O)[nH]1. The highest BCUT2D eigenvalue weighted by atomic mass is 19.4. The smallest absolute Gasteiger partial charge is 0.422 e. The van der Waals surface area contributed by atoms with E-state index in [0.717, 1.165) is 16.8 Å². The van der Waals surface area contributed by atoms with Crippen molar-refractivity contribution in [2.24, 2.45) is 0 Å². The number of rotatable bonds is 4. The normalized spacial score (nSPS) is 12.5. The maximum absolute atomic E-state index is 12.7. The fraction of sp³-hybridized carbons (Fsp3) is 0.312. The van der Waals surface area contributed by atoms with Crippen LogP contribution in [-0.4, -0.2) is 32.5 Å². The Hall–Kier alpha value is -3.05. The van der Waals surface area contributed by atoms with Gasteiger partial charge in [-0.25, -0.2) is 9.67 Å². The van der Waals surface area contributed by atoms with Crippen LogP contribution < -0.4 is 10.3 Å². The molecule has 0 unspecified atom stereocenters. The molecule has 0 aliphatic rings. The molecule has 0 spiro atoms. The first-order chi connectivity index (χ1) is 12.9. The van der Waals surface area contributed by atoms with E-state index in [0.29, 0.717) is 5.56 Å². The summed E-state index contributed by atoms with van der Waals surface area (Å²) in [7, 11) is 0. The first-order valence-electron chi connectivity index (χ1n) is 7.77. The van der Waals surface area contributed by atoms with Crippen LogP contribution in [0, 0.1) is 6.92 Å². The van der Waals surface area contributed by atoms with Gasteiger partial charge < -0.3 is 9.72 Å². The molecule has 0 saturated heterocycles. The number of ether oxygens (including phenoxy) is 1. The van der Waals surface area contributed by atoms with Crippen LogP contribution in [0.3, 0.4) is 0 Å². The van der Waals surface area contributed by atoms with Gasteiger partial charge in [-0.15, -0.1) is 5.10 Å². The Balaban J connectivity index is 2.00. The van der Waals surface area contributed by atoms with Crippen molar-refractivity contribution in [1.29, 1.82) is 0 Å². The molecule has 2 aromatic heterocycles. The van der Waals surface area contributed by atoms with Gasteiger partial charge in [0.25, 0.3) is 5.56 Å². The first-order valence-corrected chi connectivity index (χ1v) is 7.77. The van der Waals surface area contributed by atoms with Gasteiger partial charge in [-0.05, 0) is 24.6 Å². The summed E-state index contributed by atoms with van der Waals surface area (Å²) >= 11 is 0. The number of fused-ring (bicyclic) bond motifs is 1. The van der Waals surface area contributed by atoms with Crippen molar-refractivity contribution in [3.05, 3.63) is 51.6 Å².